The van der Waals surface area contributed by atoms with Crippen LogP contribution in [0.3, 0.4) is 0 Å². The standard InChI is InChI=1S/C22H25N9O/c23-12-16-18(25)17-19(28-22(27-13-24)30-21(17)29-20(16)26)14-5-4-6-15(11-14)32-10-9-31-7-2-1-3-8-31/h4-6,11,19H,1-3,7-10H2,(H6,25,26,27,28,29,30). The minimum atomic E-state index is -0.590. The highest BCUT2D eigenvalue weighted by molar-refractivity contribution is 5.98. The summed E-state index contributed by atoms with van der Waals surface area (Å²) in [6.45, 7) is 3.72. The molecule has 2 aliphatic rings. The molecule has 1 atom stereocenters. The van der Waals surface area contributed by atoms with E-state index in [1.807, 2.05) is 36.5 Å². The average molecular weight is 432 g/mol. The largest absolute Gasteiger partial charge is 0.492 e. The van der Waals surface area contributed by atoms with Crippen LogP contribution in [0, 0.1) is 22.8 Å². The number of rotatable bonds is 5. The van der Waals surface area contributed by atoms with Crippen molar-refractivity contribution in [3.8, 4) is 18.0 Å². The first-order valence-electron chi connectivity index (χ1n) is 10.5. The van der Waals surface area contributed by atoms with E-state index in [0.29, 0.717) is 23.7 Å². The molecule has 2 aromatic rings. The molecule has 1 saturated heterocycles. The van der Waals surface area contributed by atoms with Gasteiger partial charge < -0.3 is 21.5 Å². The number of ether oxygens (including phenoxy) is 1. The number of aliphatic imine (C=N–C) groups is 1. The van der Waals surface area contributed by atoms with Gasteiger partial charge >= 0.3 is 0 Å². The highest BCUT2D eigenvalue weighted by Crippen LogP contribution is 2.41. The predicted octanol–water partition coefficient (Wildman–Crippen LogP) is 1.92. The van der Waals surface area contributed by atoms with Crippen LogP contribution in [0.15, 0.2) is 29.3 Å². The Balaban J connectivity index is 1.61. The SMILES string of the molecule is N#CNC1=NC(c2cccc(OCCN3CCCCC3)c2)c2c(nc(N)c(C#N)c2N)N1. The Kier molecular flexibility index (Phi) is 6.24. The number of nitrogens with one attached hydrogen (secondary N) is 2. The molecule has 3 heterocycles. The molecule has 0 bridgehead atoms. The van der Waals surface area contributed by atoms with Crippen molar-refractivity contribution in [2.75, 3.05) is 43.0 Å². The number of guanidine groups is 1. The summed E-state index contributed by atoms with van der Waals surface area (Å²) in [4.78, 5) is 11.3. The molecule has 10 heteroatoms. The van der Waals surface area contributed by atoms with Gasteiger partial charge in [0.2, 0.25) is 5.96 Å². The zero-order valence-electron chi connectivity index (χ0n) is 17.6. The second-order valence-electron chi connectivity index (χ2n) is 7.73. The fraction of sp³-hybridized carbons (Fsp3) is 0.364. The Morgan fingerprint density at radius 1 is 1.22 bits per heavy atom. The Morgan fingerprint density at radius 3 is 2.78 bits per heavy atom. The molecule has 0 aliphatic carbocycles. The van der Waals surface area contributed by atoms with Gasteiger partial charge in [0.25, 0.3) is 0 Å². The number of anilines is 3. The van der Waals surface area contributed by atoms with E-state index in [1.54, 1.807) is 0 Å². The van der Waals surface area contributed by atoms with E-state index in [2.05, 4.69) is 25.5 Å². The van der Waals surface area contributed by atoms with E-state index in [0.717, 1.165) is 25.2 Å². The third-order valence-corrected chi connectivity index (χ3v) is 5.66. The predicted molar refractivity (Wildman–Crippen MR) is 122 cm³/mol. The van der Waals surface area contributed by atoms with E-state index < -0.39 is 6.04 Å². The lowest BCUT2D eigenvalue weighted by molar-refractivity contribution is 0.183. The fourth-order valence-corrected chi connectivity index (χ4v) is 4.07. The van der Waals surface area contributed by atoms with Crippen LogP contribution in [-0.4, -0.2) is 42.1 Å². The van der Waals surface area contributed by atoms with Crippen LogP contribution in [0.2, 0.25) is 0 Å². The van der Waals surface area contributed by atoms with E-state index in [9.17, 15) is 5.26 Å². The molecular weight excluding hydrogens is 406 g/mol. The maximum atomic E-state index is 9.46. The average Bonchev–Trinajstić information content (AvgIpc) is 2.80. The second-order valence-corrected chi connectivity index (χ2v) is 7.73. The van der Waals surface area contributed by atoms with E-state index >= 15 is 0 Å². The Hall–Kier alpha value is -4.02. The first-order valence-corrected chi connectivity index (χ1v) is 10.5. The van der Waals surface area contributed by atoms with Crippen molar-refractivity contribution in [3.63, 3.8) is 0 Å². The number of nitrogens with two attached hydrogens (primary N) is 2. The third-order valence-electron chi connectivity index (χ3n) is 5.66. The lowest BCUT2D eigenvalue weighted by atomic mass is 9.95. The molecule has 6 N–H and O–H groups in total. The number of aromatic nitrogens is 1. The van der Waals surface area contributed by atoms with Crippen LogP contribution >= 0.6 is 0 Å². The smallest absolute Gasteiger partial charge is 0.211 e. The van der Waals surface area contributed by atoms with Crippen molar-refractivity contribution in [1.82, 2.24) is 15.2 Å². The number of pyridine rings is 1. The van der Waals surface area contributed by atoms with Crippen molar-refractivity contribution in [2.24, 2.45) is 4.99 Å². The summed E-state index contributed by atoms with van der Waals surface area (Å²) in [7, 11) is 0. The van der Waals surface area contributed by atoms with Crippen molar-refractivity contribution >= 4 is 23.3 Å². The van der Waals surface area contributed by atoms with Crippen molar-refractivity contribution in [3.05, 3.63) is 41.0 Å². The van der Waals surface area contributed by atoms with Gasteiger partial charge in [-0.15, -0.1) is 0 Å². The normalized spacial score (nSPS) is 17.8. The molecule has 0 spiro atoms. The number of hydrogen-bond acceptors (Lipinski definition) is 10. The molecule has 32 heavy (non-hydrogen) atoms. The topological polar surface area (TPSA) is 161 Å². The van der Waals surface area contributed by atoms with Gasteiger partial charge in [-0.1, -0.05) is 18.6 Å². The molecule has 10 nitrogen and oxygen atoms in total. The zero-order chi connectivity index (χ0) is 22.5. The van der Waals surface area contributed by atoms with Crippen molar-refractivity contribution in [2.45, 2.75) is 25.3 Å². The Morgan fingerprint density at radius 2 is 2.03 bits per heavy atom. The number of nitrogen functional groups attached to an aromatic ring is 2. The molecule has 164 valence electrons. The summed E-state index contributed by atoms with van der Waals surface area (Å²) in [5.41, 5.74) is 13.8. The molecule has 1 unspecified atom stereocenters. The summed E-state index contributed by atoms with van der Waals surface area (Å²) in [6.07, 6.45) is 5.64. The number of piperidine rings is 1. The summed E-state index contributed by atoms with van der Waals surface area (Å²) in [5, 5.41) is 23.9. The van der Waals surface area contributed by atoms with Gasteiger partial charge in [-0.05, 0) is 43.6 Å². The summed E-state index contributed by atoms with van der Waals surface area (Å²) in [5.74, 6) is 1.31. The van der Waals surface area contributed by atoms with Gasteiger partial charge in [-0.3, -0.25) is 10.2 Å². The summed E-state index contributed by atoms with van der Waals surface area (Å²) < 4.78 is 6.00. The number of nitriles is 2. The van der Waals surface area contributed by atoms with Gasteiger partial charge in [0.15, 0.2) is 6.19 Å². The van der Waals surface area contributed by atoms with Gasteiger partial charge in [0, 0.05) is 12.1 Å². The third kappa shape index (κ3) is 4.36. The zero-order valence-corrected chi connectivity index (χ0v) is 17.6. The lowest BCUT2D eigenvalue weighted by Crippen LogP contribution is -2.33. The van der Waals surface area contributed by atoms with Crippen molar-refractivity contribution < 1.29 is 4.74 Å². The molecule has 1 aromatic heterocycles. The van der Waals surface area contributed by atoms with Crippen LogP contribution in [-0.2, 0) is 0 Å². The summed E-state index contributed by atoms with van der Waals surface area (Å²) in [6, 6.07) is 8.98. The van der Waals surface area contributed by atoms with Gasteiger partial charge in [0.05, 0.1) is 5.69 Å². The Bertz CT molecular complexity index is 1110. The van der Waals surface area contributed by atoms with Crippen LogP contribution in [0.25, 0.3) is 0 Å². The number of likely N-dealkylation sites (tertiary alicyclic amines) is 1. The molecule has 0 radical (unpaired) electrons. The highest BCUT2D eigenvalue weighted by Gasteiger charge is 2.29. The molecule has 1 fully saturated rings. The van der Waals surface area contributed by atoms with E-state index in [1.165, 1.54) is 19.3 Å². The lowest BCUT2D eigenvalue weighted by Gasteiger charge is -2.27. The molecule has 0 amide bonds. The molecule has 0 saturated carbocycles. The Labute approximate surface area is 186 Å². The molecular formula is C22H25N9O. The first-order chi connectivity index (χ1) is 15.6. The van der Waals surface area contributed by atoms with Gasteiger partial charge in [0.1, 0.15) is 41.7 Å². The number of hydrogen-bond donors (Lipinski definition) is 4. The van der Waals surface area contributed by atoms with E-state index in [-0.39, 0.29) is 23.0 Å². The van der Waals surface area contributed by atoms with Gasteiger partial charge in [-0.2, -0.15) is 10.5 Å². The maximum absolute atomic E-state index is 9.46. The van der Waals surface area contributed by atoms with Gasteiger partial charge in [-0.25, -0.2) is 9.98 Å². The highest BCUT2D eigenvalue weighted by atomic mass is 16.5. The van der Waals surface area contributed by atoms with Crippen LogP contribution < -0.4 is 26.8 Å². The minimum absolute atomic E-state index is 0.0167. The molecule has 4 rings (SSSR count). The van der Waals surface area contributed by atoms with Crippen molar-refractivity contribution in [1.29, 1.82) is 10.5 Å². The quantitative estimate of drug-likeness (QED) is 0.409. The monoisotopic (exact) mass is 431 g/mol. The van der Waals surface area contributed by atoms with Crippen LogP contribution in [0.5, 0.6) is 5.75 Å². The minimum Gasteiger partial charge on any atom is -0.492 e. The number of fused-ring (bicyclic) bond motifs is 1. The second kappa shape index (κ2) is 9.41. The molecule has 2 aliphatic heterocycles. The van der Waals surface area contributed by atoms with Crippen LogP contribution in [0.4, 0.5) is 17.3 Å². The molecule has 1 aromatic carbocycles. The number of nitrogens with zero attached hydrogens (tertiary/aromatic N) is 5. The van der Waals surface area contributed by atoms with E-state index in [4.69, 9.17) is 21.5 Å². The number of benzene rings is 1. The summed E-state index contributed by atoms with van der Waals surface area (Å²) >= 11 is 0. The van der Waals surface area contributed by atoms with Crippen LogP contribution in [0.1, 0.15) is 42.0 Å². The maximum Gasteiger partial charge on any atom is 0.211 e. The fourth-order valence-electron chi connectivity index (χ4n) is 4.07. The first kappa shape index (κ1) is 21.2.